The summed E-state index contributed by atoms with van der Waals surface area (Å²) >= 11 is 0. The highest BCUT2D eigenvalue weighted by Crippen LogP contribution is 2.37. The Labute approximate surface area is 184 Å². The van der Waals surface area contributed by atoms with Gasteiger partial charge in [-0.3, -0.25) is 4.57 Å². The summed E-state index contributed by atoms with van der Waals surface area (Å²) in [4.78, 5) is 14.4. The predicted octanol–water partition coefficient (Wildman–Crippen LogP) is 6.27. The summed E-state index contributed by atoms with van der Waals surface area (Å²) < 4.78 is 4.49. The van der Waals surface area contributed by atoms with Crippen molar-refractivity contribution < 1.29 is 0 Å². The molecule has 0 fully saturated rings. The Kier molecular flexibility index (Phi) is 3.61. The molecule has 5 heteroatoms. The van der Waals surface area contributed by atoms with Crippen LogP contribution in [0.3, 0.4) is 0 Å². The van der Waals surface area contributed by atoms with E-state index in [1.807, 2.05) is 6.07 Å². The maximum Gasteiger partial charge on any atom is 0.234 e. The minimum Gasteiger partial charge on any atom is -0.311 e. The Bertz CT molecular complexity index is 1720. The van der Waals surface area contributed by atoms with E-state index in [2.05, 4.69) is 91.9 Å². The number of rotatable bonds is 2. The van der Waals surface area contributed by atoms with Crippen LogP contribution < -0.4 is 0 Å². The summed E-state index contributed by atoms with van der Waals surface area (Å²) in [5, 5.41) is 2.28. The van der Waals surface area contributed by atoms with Crippen molar-refractivity contribution in [3.63, 3.8) is 0 Å². The number of hydrogen-bond acceptors (Lipinski definition) is 3. The van der Waals surface area contributed by atoms with Gasteiger partial charge in [0.15, 0.2) is 0 Å². The molecular formula is C27H19N5. The molecule has 0 radical (unpaired) electrons. The van der Waals surface area contributed by atoms with Crippen molar-refractivity contribution in [3.05, 3.63) is 91.3 Å². The Morgan fingerprint density at radius 3 is 2.03 bits per heavy atom. The van der Waals surface area contributed by atoms with Crippen LogP contribution in [-0.2, 0) is 0 Å². The van der Waals surface area contributed by atoms with E-state index in [0.29, 0.717) is 5.95 Å². The summed E-state index contributed by atoms with van der Waals surface area (Å²) in [6.07, 6.45) is 12.2. The molecule has 152 valence electrons. The van der Waals surface area contributed by atoms with E-state index in [0.717, 1.165) is 45.8 Å². The Morgan fingerprint density at radius 2 is 1.34 bits per heavy atom. The molecule has 0 atom stereocenters. The van der Waals surface area contributed by atoms with Gasteiger partial charge >= 0.3 is 0 Å². The molecular weight excluding hydrogens is 394 g/mol. The summed E-state index contributed by atoms with van der Waals surface area (Å²) in [6.45, 7) is 0. The van der Waals surface area contributed by atoms with Gasteiger partial charge in [0.05, 0.1) is 33.1 Å². The third-order valence-corrected chi connectivity index (χ3v) is 6.30. The second-order valence-electron chi connectivity index (χ2n) is 8.10. The van der Waals surface area contributed by atoms with E-state index in [9.17, 15) is 0 Å². The lowest BCUT2D eigenvalue weighted by Gasteiger charge is -2.14. The fourth-order valence-electron chi connectivity index (χ4n) is 4.93. The smallest absolute Gasteiger partial charge is 0.234 e. The molecule has 0 saturated heterocycles. The molecule has 1 aliphatic carbocycles. The Hall–Kier alpha value is -4.25. The van der Waals surface area contributed by atoms with Gasteiger partial charge in [-0.1, -0.05) is 48.6 Å². The molecule has 1 aliphatic rings. The van der Waals surface area contributed by atoms with Gasteiger partial charge in [-0.2, -0.15) is 0 Å². The largest absolute Gasteiger partial charge is 0.311 e. The molecule has 2 aromatic carbocycles. The molecule has 0 amide bonds. The topological polar surface area (TPSA) is 48.5 Å². The second-order valence-corrected chi connectivity index (χ2v) is 8.10. The summed E-state index contributed by atoms with van der Waals surface area (Å²) in [6, 6.07) is 21.0. The van der Waals surface area contributed by atoms with Crippen LogP contribution in [0, 0.1) is 0 Å². The third-order valence-electron chi connectivity index (χ3n) is 6.30. The molecule has 32 heavy (non-hydrogen) atoms. The number of pyridine rings is 1. The van der Waals surface area contributed by atoms with Gasteiger partial charge in [0.1, 0.15) is 0 Å². The van der Waals surface area contributed by atoms with E-state index in [1.54, 1.807) is 12.4 Å². The number of fused-ring (bicyclic) bond motifs is 6. The molecule has 7 rings (SSSR count). The molecule has 5 nitrogen and oxygen atoms in total. The molecule has 0 spiro atoms. The molecule has 0 unspecified atom stereocenters. The molecule has 4 heterocycles. The van der Waals surface area contributed by atoms with Crippen LogP contribution in [0.2, 0.25) is 0 Å². The maximum absolute atomic E-state index is 5.25. The first kappa shape index (κ1) is 17.4. The number of nitrogens with zero attached hydrogens (tertiary/aromatic N) is 5. The first-order valence-corrected chi connectivity index (χ1v) is 10.9. The fourth-order valence-corrected chi connectivity index (χ4v) is 4.93. The molecule has 0 bridgehead atoms. The summed E-state index contributed by atoms with van der Waals surface area (Å²) in [5.41, 5.74) is 7.67. The Morgan fingerprint density at radius 1 is 0.688 bits per heavy atom. The number of hydrogen-bond donors (Lipinski definition) is 0. The minimum atomic E-state index is 0.655. The lowest BCUT2D eigenvalue weighted by atomic mass is 10.1. The molecule has 6 aromatic rings. The maximum atomic E-state index is 5.25. The first-order chi connectivity index (χ1) is 15.9. The van der Waals surface area contributed by atoms with Crippen LogP contribution in [0.4, 0.5) is 0 Å². The van der Waals surface area contributed by atoms with E-state index < -0.39 is 0 Å². The average molecular weight is 413 g/mol. The van der Waals surface area contributed by atoms with Gasteiger partial charge < -0.3 is 4.57 Å². The van der Waals surface area contributed by atoms with E-state index >= 15 is 0 Å². The molecule has 0 aliphatic heterocycles. The van der Waals surface area contributed by atoms with Gasteiger partial charge in [-0.15, -0.1) is 0 Å². The van der Waals surface area contributed by atoms with E-state index in [4.69, 9.17) is 4.98 Å². The molecule has 0 N–H and O–H groups in total. The predicted molar refractivity (Wildman–Crippen MR) is 130 cm³/mol. The van der Waals surface area contributed by atoms with Crippen molar-refractivity contribution >= 4 is 49.6 Å². The van der Waals surface area contributed by atoms with E-state index in [-0.39, 0.29) is 0 Å². The van der Waals surface area contributed by atoms with Crippen LogP contribution in [0.15, 0.2) is 91.3 Å². The van der Waals surface area contributed by atoms with Crippen LogP contribution >= 0.6 is 0 Å². The highest BCUT2D eigenvalue weighted by atomic mass is 15.2. The number of para-hydroxylation sites is 2. The quantitative estimate of drug-likeness (QED) is 0.336. The second kappa shape index (κ2) is 6.62. The fraction of sp³-hybridized carbons (Fsp3) is 0.0741. The van der Waals surface area contributed by atoms with E-state index in [1.165, 1.54) is 16.6 Å². The zero-order chi connectivity index (χ0) is 21.1. The third kappa shape index (κ3) is 2.36. The monoisotopic (exact) mass is 413 g/mol. The zero-order valence-corrected chi connectivity index (χ0v) is 17.3. The van der Waals surface area contributed by atoms with Crippen LogP contribution in [0.5, 0.6) is 0 Å². The summed E-state index contributed by atoms with van der Waals surface area (Å²) in [7, 11) is 0. The summed E-state index contributed by atoms with van der Waals surface area (Å²) in [5.74, 6) is 0.655. The molecule has 4 aromatic heterocycles. The van der Waals surface area contributed by atoms with Crippen molar-refractivity contribution in [1.29, 1.82) is 0 Å². The van der Waals surface area contributed by atoms with Crippen molar-refractivity contribution in [2.45, 2.75) is 12.8 Å². The first-order valence-electron chi connectivity index (χ1n) is 10.9. The lowest BCUT2D eigenvalue weighted by Crippen LogP contribution is -2.01. The SMILES string of the molecule is C1=CCCC(n2c3ccccc3c3nc4c5ccccc5n(-c5ncccn5)c4cc32)=C1. The van der Waals surface area contributed by atoms with Crippen molar-refractivity contribution in [3.8, 4) is 5.95 Å². The van der Waals surface area contributed by atoms with Crippen LogP contribution in [0.1, 0.15) is 12.8 Å². The van der Waals surface area contributed by atoms with Crippen molar-refractivity contribution in [2.24, 2.45) is 0 Å². The van der Waals surface area contributed by atoms with Crippen molar-refractivity contribution in [2.75, 3.05) is 0 Å². The van der Waals surface area contributed by atoms with Gasteiger partial charge in [0.25, 0.3) is 0 Å². The molecule has 0 saturated carbocycles. The van der Waals surface area contributed by atoms with Gasteiger partial charge in [0, 0.05) is 28.9 Å². The van der Waals surface area contributed by atoms with Gasteiger partial charge in [-0.05, 0) is 43.2 Å². The minimum absolute atomic E-state index is 0.655. The standard InChI is InChI=1S/C27H19N5/c1-2-9-18(10-3-1)31-21-13-6-4-11-19(21)25-23(31)17-24-26(30-25)20-12-5-7-14-22(20)32(24)27-28-15-8-16-29-27/h1-2,4-9,11-17H,3,10H2. The number of allylic oxidation sites excluding steroid dienone is 4. The Balaban J connectivity index is 1.69. The van der Waals surface area contributed by atoms with Crippen LogP contribution in [-0.4, -0.2) is 24.1 Å². The average Bonchev–Trinajstić information content (AvgIpc) is 3.36. The number of aromatic nitrogens is 5. The highest BCUT2D eigenvalue weighted by Gasteiger charge is 2.20. The highest BCUT2D eigenvalue weighted by molar-refractivity contribution is 6.15. The number of benzene rings is 2. The lowest BCUT2D eigenvalue weighted by molar-refractivity contribution is 0.976. The normalized spacial score (nSPS) is 14.1. The van der Waals surface area contributed by atoms with Gasteiger partial charge in [0.2, 0.25) is 5.95 Å². The van der Waals surface area contributed by atoms with Crippen molar-refractivity contribution in [1.82, 2.24) is 24.1 Å². The van der Waals surface area contributed by atoms with Crippen LogP contribution in [0.25, 0.3) is 55.5 Å². The van der Waals surface area contributed by atoms with Gasteiger partial charge in [-0.25, -0.2) is 15.0 Å². The zero-order valence-electron chi connectivity index (χ0n) is 17.3.